The van der Waals surface area contributed by atoms with E-state index in [2.05, 4.69) is 36.1 Å². The number of anilines is 4. The highest BCUT2D eigenvalue weighted by Crippen LogP contribution is 2.31. The highest BCUT2D eigenvalue weighted by molar-refractivity contribution is 6.30. The molecule has 3 N–H and O–H groups in total. The minimum absolute atomic E-state index is 0.0490. The second-order valence-corrected chi connectivity index (χ2v) is 6.12. The van der Waals surface area contributed by atoms with Crippen molar-refractivity contribution in [2.45, 2.75) is 6.18 Å². The predicted molar refractivity (Wildman–Crippen MR) is 107 cm³/mol. The van der Waals surface area contributed by atoms with Crippen LogP contribution in [0.25, 0.3) is 0 Å². The normalized spacial score (nSPS) is 11.5. The molecule has 0 saturated carbocycles. The minimum atomic E-state index is -4.45. The van der Waals surface area contributed by atoms with Crippen molar-refractivity contribution in [1.82, 2.24) is 15.0 Å². The lowest BCUT2D eigenvalue weighted by atomic mass is 10.2. The van der Waals surface area contributed by atoms with Gasteiger partial charge in [0.05, 0.1) is 11.8 Å². The lowest BCUT2D eigenvalue weighted by Gasteiger charge is -2.11. The summed E-state index contributed by atoms with van der Waals surface area (Å²) in [5, 5.41) is 10.1. The van der Waals surface area contributed by atoms with Gasteiger partial charge in [-0.05, 0) is 35.9 Å². The molecule has 0 aliphatic heterocycles. The molecule has 1 aromatic heterocycles. The molecular formula is C18H15ClF3N7. The topological polar surface area (TPSA) is 87.1 Å². The molecule has 0 radical (unpaired) electrons. The molecule has 0 saturated heterocycles. The predicted octanol–water partition coefficient (Wildman–Crippen LogP) is 4.78. The molecule has 0 unspecified atom stereocenters. The van der Waals surface area contributed by atoms with E-state index < -0.39 is 11.7 Å². The number of nitrogens with one attached hydrogen (secondary N) is 3. The zero-order valence-electron chi connectivity index (χ0n) is 15.0. The molecule has 0 aliphatic carbocycles. The Morgan fingerprint density at radius 2 is 1.66 bits per heavy atom. The molecule has 3 aromatic rings. The largest absolute Gasteiger partial charge is 0.416 e. The average molecular weight is 422 g/mol. The summed E-state index contributed by atoms with van der Waals surface area (Å²) in [4.78, 5) is 12.3. The van der Waals surface area contributed by atoms with E-state index in [0.717, 1.165) is 17.7 Å². The summed E-state index contributed by atoms with van der Waals surface area (Å²) in [5.41, 5.74) is 2.86. The van der Waals surface area contributed by atoms with Gasteiger partial charge in [-0.2, -0.15) is 33.2 Å². The first-order valence-electron chi connectivity index (χ1n) is 8.26. The molecule has 0 fully saturated rings. The van der Waals surface area contributed by atoms with Crippen molar-refractivity contribution in [3.63, 3.8) is 0 Å². The van der Waals surface area contributed by atoms with Gasteiger partial charge in [-0.25, -0.2) is 5.43 Å². The molecule has 0 aliphatic rings. The molecule has 2 aromatic carbocycles. The third kappa shape index (κ3) is 5.79. The van der Waals surface area contributed by atoms with E-state index in [1.54, 1.807) is 37.5 Å². The Morgan fingerprint density at radius 1 is 0.966 bits per heavy atom. The first-order chi connectivity index (χ1) is 13.8. The van der Waals surface area contributed by atoms with Crippen LogP contribution >= 0.6 is 11.6 Å². The maximum Gasteiger partial charge on any atom is 0.416 e. The van der Waals surface area contributed by atoms with Gasteiger partial charge in [0.1, 0.15) is 0 Å². The summed E-state index contributed by atoms with van der Waals surface area (Å²) < 4.78 is 38.6. The Balaban J connectivity index is 1.77. The first-order valence-corrected chi connectivity index (χ1v) is 8.64. The molecule has 29 heavy (non-hydrogen) atoms. The Hall–Kier alpha value is -3.40. The van der Waals surface area contributed by atoms with Crippen molar-refractivity contribution in [1.29, 1.82) is 0 Å². The molecular weight excluding hydrogens is 407 g/mol. The average Bonchev–Trinajstić information content (AvgIpc) is 2.69. The van der Waals surface area contributed by atoms with Crippen molar-refractivity contribution in [3.8, 4) is 0 Å². The van der Waals surface area contributed by atoms with Crippen LogP contribution in [-0.2, 0) is 6.18 Å². The zero-order chi connectivity index (χ0) is 20.9. The standard InChI is InChI=1S/C18H15ClF3N7/c1-23-15-26-16(25-14-4-2-3-12(9-14)18(20,21)22)28-17(27-15)29-24-10-11-5-7-13(19)8-6-11/h2-10H,1H3,(H3,23,25,26,27,28,29)/b24-10+. The number of hydrazone groups is 1. The summed E-state index contributed by atoms with van der Waals surface area (Å²) in [5.74, 6) is 0.357. The second-order valence-electron chi connectivity index (χ2n) is 5.68. The fourth-order valence-corrected chi connectivity index (χ4v) is 2.34. The van der Waals surface area contributed by atoms with Crippen molar-refractivity contribution in [3.05, 3.63) is 64.7 Å². The summed E-state index contributed by atoms with van der Waals surface area (Å²) in [6, 6.07) is 11.7. The van der Waals surface area contributed by atoms with E-state index >= 15 is 0 Å². The van der Waals surface area contributed by atoms with Gasteiger partial charge in [0.2, 0.25) is 17.8 Å². The van der Waals surface area contributed by atoms with Crippen molar-refractivity contribution >= 4 is 41.3 Å². The smallest absolute Gasteiger partial charge is 0.357 e. The lowest BCUT2D eigenvalue weighted by molar-refractivity contribution is -0.137. The Bertz CT molecular complexity index is 1010. The monoisotopic (exact) mass is 421 g/mol. The summed E-state index contributed by atoms with van der Waals surface area (Å²) in [6.07, 6.45) is -2.91. The van der Waals surface area contributed by atoms with Crippen molar-refractivity contribution in [2.24, 2.45) is 5.10 Å². The number of nitrogens with zero attached hydrogens (tertiary/aromatic N) is 4. The summed E-state index contributed by atoms with van der Waals surface area (Å²) >= 11 is 5.83. The molecule has 150 valence electrons. The fraction of sp³-hybridized carbons (Fsp3) is 0.111. The van der Waals surface area contributed by atoms with E-state index in [4.69, 9.17) is 11.6 Å². The van der Waals surface area contributed by atoms with Crippen LogP contribution in [0.15, 0.2) is 53.6 Å². The van der Waals surface area contributed by atoms with Crippen LogP contribution in [0.3, 0.4) is 0 Å². The molecule has 3 rings (SSSR count). The van der Waals surface area contributed by atoms with Crippen LogP contribution < -0.4 is 16.1 Å². The van der Waals surface area contributed by atoms with Gasteiger partial charge in [0, 0.05) is 17.8 Å². The zero-order valence-corrected chi connectivity index (χ0v) is 15.8. The number of aromatic nitrogens is 3. The van der Waals surface area contributed by atoms with E-state index in [9.17, 15) is 13.2 Å². The van der Waals surface area contributed by atoms with Crippen LogP contribution in [0.2, 0.25) is 5.02 Å². The number of alkyl halides is 3. The van der Waals surface area contributed by atoms with Crippen LogP contribution in [0.5, 0.6) is 0 Å². The third-order valence-electron chi connectivity index (χ3n) is 3.55. The number of halogens is 4. The van der Waals surface area contributed by atoms with Crippen LogP contribution in [0.4, 0.5) is 36.7 Å². The molecule has 0 atom stereocenters. The Labute approximate surface area is 169 Å². The molecule has 1 heterocycles. The lowest BCUT2D eigenvalue weighted by Crippen LogP contribution is -2.08. The Morgan fingerprint density at radius 3 is 2.34 bits per heavy atom. The molecule has 11 heteroatoms. The van der Waals surface area contributed by atoms with Crippen molar-refractivity contribution in [2.75, 3.05) is 23.1 Å². The van der Waals surface area contributed by atoms with Gasteiger partial charge < -0.3 is 10.6 Å². The quantitative estimate of drug-likeness (QED) is 0.392. The van der Waals surface area contributed by atoms with Gasteiger partial charge in [-0.3, -0.25) is 0 Å². The van der Waals surface area contributed by atoms with Crippen LogP contribution in [0.1, 0.15) is 11.1 Å². The first kappa shape index (κ1) is 20.3. The van der Waals surface area contributed by atoms with Gasteiger partial charge in [0.15, 0.2) is 0 Å². The number of rotatable bonds is 6. The maximum atomic E-state index is 12.9. The summed E-state index contributed by atoms with van der Waals surface area (Å²) in [6.45, 7) is 0. The maximum absolute atomic E-state index is 12.9. The van der Waals surface area contributed by atoms with Gasteiger partial charge in [-0.15, -0.1) is 0 Å². The van der Waals surface area contributed by atoms with Crippen molar-refractivity contribution < 1.29 is 13.2 Å². The van der Waals surface area contributed by atoms with Gasteiger partial charge in [-0.1, -0.05) is 29.8 Å². The minimum Gasteiger partial charge on any atom is -0.357 e. The molecule has 0 bridgehead atoms. The van der Waals surface area contributed by atoms with Crippen LogP contribution in [0, 0.1) is 0 Å². The van der Waals surface area contributed by atoms with E-state index in [1.165, 1.54) is 12.1 Å². The number of hydrogen-bond acceptors (Lipinski definition) is 7. The number of benzene rings is 2. The van der Waals surface area contributed by atoms with E-state index in [1.807, 2.05) is 0 Å². The molecule has 0 amide bonds. The Kier molecular flexibility index (Phi) is 6.13. The van der Waals surface area contributed by atoms with E-state index in [0.29, 0.717) is 5.02 Å². The highest BCUT2D eigenvalue weighted by Gasteiger charge is 2.30. The molecule has 7 nitrogen and oxygen atoms in total. The SMILES string of the molecule is CNc1nc(N/N=C/c2ccc(Cl)cc2)nc(Nc2cccc(C(F)(F)F)c2)n1. The highest BCUT2D eigenvalue weighted by atomic mass is 35.5. The fourth-order valence-electron chi connectivity index (χ4n) is 2.21. The van der Waals surface area contributed by atoms with Crippen LogP contribution in [-0.4, -0.2) is 28.2 Å². The van der Waals surface area contributed by atoms with Gasteiger partial charge >= 0.3 is 6.18 Å². The van der Waals surface area contributed by atoms with Gasteiger partial charge in [0.25, 0.3) is 0 Å². The summed E-state index contributed by atoms with van der Waals surface area (Å²) in [7, 11) is 1.60. The second kappa shape index (κ2) is 8.74. The third-order valence-corrected chi connectivity index (χ3v) is 3.81. The molecule has 0 spiro atoms. The number of hydrogen-bond donors (Lipinski definition) is 3. The van der Waals surface area contributed by atoms with E-state index in [-0.39, 0.29) is 23.5 Å².